The van der Waals surface area contributed by atoms with Gasteiger partial charge in [0.25, 0.3) is 5.91 Å². The molecule has 2 amide bonds. The minimum atomic E-state index is -0.0889. The first-order valence-corrected chi connectivity index (χ1v) is 11.9. The van der Waals surface area contributed by atoms with Gasteiger partial charge >= 0.3 is 0 Å². The van der Waals surface area contributed by atoms with Gasteiger partial charge in [0.15, 0.2) is 0 Å². The van der Waals surface area contributed by atoms with Gasteiger partial charge in [0, 0.05) is 24.0 Å². The summed E-state index contributed by atoms with van der Waals surface area (Å²) in [6.07, 6.45) is 3.72. The molecule has 0 saturated carbocycles. The second kappa shape index (κ2) is 10.1. The smallest absolute Gasteiger partial charge is 0.266 e. The Morgan fingerprint density at radius 2 is 1.81 bits per heavy atom. The van der Waals surface area contributed by atoms with Crippen molar-refractivity contribution < 1.29 is 9.59 Å². The minimum Gasteiger partial charge on any atom is -0.326 e. The third-order valence-electron chi connectivity index (χ3n) is 5.41. The van der Waals surface area contributed by atoms with Crippen molar-refractivity contribution in [3.8, 4) is 0 Å². The van der Waals surface area contributed by atoms with Crippen molar-refractivity contribution in [3.05, 3.63) is 82.8 Å². The van der Waals surface area contributed by atoms with E-state index in [4.69, 9.17) is 12.2 Å². The number of nitrogens with one attached hydrogen (secondary N) is 1. The van der Waals surface area contributed by atoms with Gasteiger partial charge in [-0.15, -0.1) is 0 Å². The summed E-state index contributed by atoms with van der Waals surface area (Å²) in [6, 6.07) is 22.0. The van der Waals surface area contributed by atoms with E-state index in [-0.39, 0.29) is 11.8 Å². The summed E-state index contributed by atoms with van der Waals surface area (Å²) >= 11 is 6.73. The Balaban J connectivity index is 1.33. The Kier molecular flexibility index (Phi) is 7.02. The van der Waals surface area contributed by atoms with E-state index in [0.717, 1.165) is 28.4 Å². The van der Waals surface area contributed by atoms with E-state index in [9.17, 15) is 9.59 Å². The lowest BCUT2D eigenvalue weighted by Crippen LogP contribution is -2.29. The standard InChI is InChI=1S/C26H24N2O2S2/c1-2-18-12-14-19(15-13-18)17-23-25(30)28(26(31)32-23)16-6-11-24(29)27-22-10-5-8-20-7-3-4-9-21(20)22/h3-5,7-10,12-15,17H,2,6,11,16H2,1H3,(H,27,29)/b23-17-. The van der Waals surface area contributed by atoms with Gasteiger partial charge in [-0.1, -0.05) is 91.6 Å². The molecular weight excluding hydrogens is 436 g/mol. The van der Waals surface area contributed by atoms with E-state index in [1.54, 1.807) is 4.90 Å². The summed E-state index contributed by atoms with van der Waals surface area (Å²) in [4.78, 5) is 27.5. The Morgan fingerprint density at radius 3 is 2.59 bits per heavy atom. The molecule has 0 spiro atoms. The number of aryl methyl sites for hydroxylation is 1. The molecule has 0 unspecified atom stereocenters. The molecule has 1 saturated heterocycles. The highest BCUT2D eigenvalue weighted by Gasteiger charge is 2.31. The van der Waals surface area contributed by atoms with Crippen LogP contribution in [0.3, 0.4) is 0 Å². The summed E-state index contributed by atoms with van der Waals surface area (Å²) in [7, 11) is 0. The van der Waals surface area contributed by atoms with Crippen LogP contribution in [0.4, 0.5) is 5.69 Å². The van der Waals surface area contributed by atoms with E-state index < -0.39 is 0 Å². The first kappa shape index (κ1) is 22.2. The monoisotopic (exact) mass is 460 g/mol. The number of thiocarbonyl (C=S) groups is 1. The van der Waals surface area contributed by atoms with E-state index in [0.29, 0.717) is 28.6 Å². The predicted molar refractivity (Wildman–Crippen MR) is 138 cm³/mol. The molecule has 0 atom stereocenters. The summed E-state index contributed by atoms with van der Waals surface area (Å²) in [6.45, 7) is 2.54. The van der Waals surface area contributed by atoms with E-state index in [2.05, 4.69) is 24.4 Å². The van der Waals surface area contributed by atoms with Crippen LogP contribution in [0.15, 0.2) is 71.6 Å². The maximum absolute atomic E-state index is 12.8. The number of thioether (sulfide) groups is 1. The maximum Gasteiger partial charge on any atom is 0.266 e. The summed E-state index contributed by atoms with van der Waals surface area (Å²) in [5.74, 6) is -0.160. The lowest BCUT2D eigenvalue weighted by molar-refractivity contribution is -0.122. The van der Waals surface area contributed by atoms with Crippen molar-refractivity contribution in [2.75, 3.05) is 11.9 Å². The number of hydrogen-bond donors (Lipinski definition) is 1. The number of carbonyl (C=O) groups is 2. The lowest BCUT2D eigenvalue weighted by atomic mass is 10.1. The average molecular weight is 461 g/mol. The fourth-order valence-electron chi connectivity index (χ4n) is 3.64. The molecule has 4 rings (SSSR count). The predicted octanol–water partition coefficient (Wildman–Crippen LogP) is 6.02. The molecule has 1 heterocycles. The van der Waals surface area contributed by atoms with Gasteiger partial charge in [-0.3, -0.25) is 14.5 Å². The average Bonchev–Trinajstić information content (AvgIpc) is 3.07. The highest BCUT2D eigenvalue weighted by Crippen LogP contribution is 2.33. The topological polar surface area (TPSA) is 49.4 Å². The molecule has 0 bridgehead atoms. The normalized spacial score (nSPS) is 15.0. The van der Waals surface area contributed by atoms with Crippen molar-refractivity contribution in [2.24, 2.45) is 0 Å². The second-order valence-electron chi connectivity index (χ2n) is 7.61. The molecule has 3 aromatic rings. The second-order valence-corrected chi connectivity index (χ2v) is 9.28. The molecule has 1 aliphatic heterocycles. The Hall–Kier alpha value is -2.96. The number of anilines is 1. The molecular formula is C26H24N2O2S2. The molecule has 4 nitrogen and oxygen atoms in total. The first-order valence-electron chi connectivity index (χ1n) is 10.7. The summed E-state index contributed by atoms with van der Waals surface area (Å²) < 4.78 is 0.542. The van der Waals surface area contributed by atoms with Gasteiger partial charge < -0.3 is 5.32 Å². The van der Waals surface area contributed by atoms with Crippen LogP contribution in [0, 0.1) is 0 Å². The van der Waals surface area contributed by atoms with Crippen molar-refractivity contribution in [1.82, 2.24) is 4.90 Å². The van der Waals surface area contributed by atoms with Gasteiger partial charge in [-0.25, -0.2) is 0 Å². The highest BCUT2D eigenvalue weighted by atomic mass is 32.2. The van der Waals surface area contributed by atoms with Gasteiger partial charge in [-0.2, -0.15) is 0 Å². The maximum atomic E-state index is 12.8. The van der Waals surface area contributed by atoms with Crippen molar-refractivity contribution in [2.45, 2.75) is 26.2 Å². The fraction of sp³-hybridized carbons (Fsp3) is 0.192. The molecule has 6 heteroatoms. The highest BCUT2D eigenvalue weighted by molar-refractivity contribution is 8.26. The zero-order valence-corrected chi connectivity index (χ0v) is 19.5. The molecule has 32 heavy (non-hydrogen) atoms. The van der Waals surface area contributed by atoms with Crippen LogP contribution < -0.4 is 5.32 Å². The van der Waals surface area contributed by atoms with Gasteiger partial charge in [0.2, 0.25) is 5.91 Å². The van der Waals surface area contributed by atoms with E-state index >= 15 is 0 Å². The molecule has 0 aromatic heterocycles. The zero-order valence-electron chi connectivity index (χ0n) is 17.8. The van der Waals surface area contributed by atoms with Crippen LogP contribution in [-0.4, -0.2) is 27.6 Å². The van der Waals surface area contributed by atoms with Crippen LogP contribution in [0.5, 0.6) is 0 Å². The number of benzene rings is 3. The number of amides is 2. The molecule has 1 fully saturated rings. The quantitative estimate of drug-likeness (QED) is 0.346. The fourth-order valence-corrected chi connectivity index (χ4v) is 4.95. The van der Waals surface area contributed by atoms with Crippen LogP contribution in [-0.2, 0) is 16.0 Å². The number of nitrogens with zero attached hydrogens (tertiary/aromatic N) is 1. The molecule has 3 aromatic carbocycles. The third-order valence-corrected chi connectivity index (χ3v) is 6.79. The van der Waals surface area contributed by atoms with Gasteiger partial charge in [-0.05, 0) is 41.5 Å². The van der Waals surface area contributed by atoms with Crippen molar-refractivity contribution >= 4 is 62.7 Å². The Bertz CT molecular complexity index is 1200. The first-order chi connectivity index (χ1) is 15.5. The number of rotatable bonds is 7. The number of hydrogen-bond acceptors (Lipinski definition) is 4. The van der Waals surface area contributed by atoms with Crippen LogP contribution in [0.25, 0.3) is 16.8 Å². The van der Waals surface area contributed by atoms with Crippen LogP contribution in [0.1, 0.15) is 30.9 Å². The van der Waals surface area contributed by atoms with E-state index in [1.165, 1.54) is 17.3 Å². The largest absolute Gasteiger partial charge is 0.326 e. The van der Waals surface area contributed by atoms with Crippen LogP contribution in [0.2, 0.25) is 0 Å². The zero-order chi connectivity index (χ0) is 22.5. The summed E-state index contributed by atoms with van der Waals surface area (Å²) in [5.41, 5.74) is 3.05. The van der Waals surface area contributed by atoms with Crippen molar-refractivity contribution in [3.63, 3.8) is 0 Å². The molecule has 1 N–H and O–H groups in total. The minimum absolute atomic E-state index is 0.0710. The summed E-state index contributed by atoms with van der Waals surface area (Å²) in [5, 5.41) is 5.09. The Labute approximate surface area is 197 Å². The van der Waals surface area contributed by atoms with Crippen LogP contribution >= 0.6 is 24.0 Å². The van der Waals surface area contributed by atoms with Gasteiger partial charge in [0.1, 0.15) is 4.32 Å². The number of carbonyl (C=O) groups excluding carboxylic acids is 2. The van der Waals surface area contributed by atoms with E-state index in [1.807, 2.05) is 60.7 Å². The SMILES string of the molecule is CCc1ccc(/C=C2\SC(=S)N(CCCC(=O)Nc3cccc4ccccc34)C2=O)cc1. The van der Waals surface area contributed by atoms with Gasteiger partial charge in [0.05, 0.1) is 4.91 Å². The lowest BCUT2D eigenvalue weighted by Gasteiger charge is -2.14. The Morgan fingerprint density at radius 1 is 1.06 bits per heavy atom. The third kappa shape index (κ3) is 5.09. The molecule has 0 radical (unpaired) electrons. The molecule has 162 valence electrons. The molecule has 0 aliphatic carbocycles. The van der Waals surface area contributed by atoms with Crippen molar-refractivity contribution in [1.29, 1.82) is 0 Å². The molecule has 1 aliphatic rings. The number of fused-ring (bicyclic) bond motifs is 1.